The summed E-state index contributed by atoms with van der Waals surface area (Å²) in [6.07, 6.45) is 1.00. The zero-order chi connectivity index (χ0) is 16.1. The Kier molecular flexibility index (Phi) is 4.39. The Bertz CT molecular complexity index is 824. The molecule has 0 bridgehead atoms. The van der Waals surface area contributed by atoms with Crippen LogP contribution in [0.5, 0.6) is 0 Å². The van der Waals surface area contributed by atoms with Crippen molar-refractivity contribution in [1.29, 1.82) is 5.26 Å². The number of carbonyl (C=O) groups excluding carboxylic acids is 1. The molecule has 0 aliphatic heterocycles. The predicted molar refractivity (Wildman–Crippen MR) is 88.0 cm³/mol. The first-order valence-corrected chi connectivity index (χ1v) is 7.48. The van der Waals surface area contributed by atoms with Crippen molar-refractivity contribution < 1.29 is 9.21 Å². The van der Waals surface area contributed by atoms with Crippen molar-refractivity contribution in [2.45, 2.75) is 12.8 Å². The summed E-state index contributed by atoms with van der Waals surface area (Å²) in [6, 6.07) is 19.0. The average molecular weight is 304 g/mol. The molecule has 0 atom stereocenters. The average Bonchev–Trinajstić information content (AvgIpc) is 2.98. The summed E-state index contributed by atoms with van der Waals surface area (Å²) in [5.41, 5.74) is 2.37. The van der Waals surface area contributed by atoms with Gasteiger partial charge in [0.2, 0.25) is 0 Å². The van der Waals surface area contributed by atoms with E-state index >= 15 is 0 Å². The van der Waals surface area contributed by atoms with E-state index in [4.69, 9.17) is 9.68 Å². The highest BCUT2D eigenvalue weighted by Crippen LogP contribution is 2.18. The molecule has 114 valence electrons. The summed E-state index contributed by atoms with van der Waals surface area (Å²) in [7, 11) is 0. The molecule has 1 heterocycles. The Morgan fingerprint density at radius 3 is 2.65 bits per heavy atom. The summed E-state index contributed by atoms with van der Waals surface area (Å²) >= 11 is 0. The molecule has 0 fully saturated rings. The Labute approximate surface area is 134 Å². The third kappa shape index (κ3) is 3.58. The van der Waals surface area contributed by atoms with Crippen LogP contribution in [-0.2, 0) is 12.8 Å². The highest BCUT2D eigenvalue weighted by molar-refractivity contribution is 5.94. The van der Waals surface area contributed by atoms with E-state index in [1.807, 2.05) is 30.3 Å². The lowest BCUT2D eigenvalue weighted by Crippen LogP contribution is -2.25. The molecule has 1 N–H and O–H groups in total. The van der Waals surface area contributed by atoms with E-state index in [-0.39, 0.29) is 5.91 Å². The van der Waals surface area contributed by atoms with E-state index < -0.39 is 0 Å². The SMILES string of the molecule is N#CCc1ccc(C(=O)NCCc2cc3ccccc3o2)cc1. The molecule has 0 aliphatic carbocycles. The van der Waals surface area contributed by atoms with Crippen LogP contribution in [0.3, 0.4) is 0 Å². The predicted octanol–water partition coefficient (Wildman–Crippen LogP) is 3.47. The van der Waals surface area contributed by atoms with Crippen molar-refractivity contribution in [1.82, 2.24) is 5.32 Å². The molecule has 23 heavy (non-hydrogen) atoms. The summed E-state index contributed by atoms with van der Waals surface area (Å²) in [6.45, 7) is 0.513. The van der Waals surface area contributed by atoms with Gasteiger partial charge in [0.1, 0.15) is 11.3 Å². The monoisotopic (exact) mass is 304 g/mol. The molecule has 1 aromatic heterocycles. The number of nitrogens with one attached hydrogen (secondary N) is 1. The number of carbonyl (C=O) groups is 1. The number of furan rings is 1. The van der Waals surface area contributed by atoms with Crippen LogP contribution in [0.4, 0.5) is 0 Å². The van der Waals surface area contributed by atoms with Crippen molar-refractivity contribution in [3.8, 4) is 6.07 Å². The quantitative estimate of drug-likeness (QED) is 0.785. The van der Waals surface area contributed by atoms with Crippen LogP contribution in [0.15, 0.2) is 59.0 Å². The summed E-state index contributed by atoms with van der Waals surface area (Å²) in [5.74, 6) is 0.737. The molecule has 0 radical (unpaired) electrons. The topological polar surface area (TPSA) is 66.0 Å². The molecule has 0 spiro atoms. The molecule has 0 saturated heterocycles. The second-order valence-corrected chi connectivity index (χ2v) is 5.29. The lowest BCUT2D eigenvalue weighted by Gasteiger charge is -2.04. The second-order valence-electron chi connectivity index (χ2n) is 5.29. The molecule has 4 nitrogen and oxygen atoms in total. The van der Waals surface area contributed by atoms with E-state index in [0.29, 0.717) is 24.9 Å². The maximum absolute atomic E-state index is 12.1. The molecule has 3 rings (SSSR count). The molecule has 1 amide bonds. The highest BCUT2D eigenvalue weighted by atomic mass is 16.3. The van der Waals surface area contributed by atoms with Crippen LogP contribution in [0.1, 0.15) is 21.7 Å². The van der Waals surface area contributed by atoms with E-state index in [0.717, 1.165) is 22.3 Å². The molecule has 2 aromatic carbocycles. The van der Waals surface area contributed by atoms with Crippen molar-refractivity contribution in [3.63, 3.8) is 0 Å². The van der Waals surface area contributed by atoms with E-state index in [1.54, 1.807) is 24.3 Å². The molecule has 0 aliphatic rings. The standard InChI is InChI=1S/C19H16N2O2/c20-11-9-14-5-7-15(8-6-14)19(22)21-12-10-17-13-16-3-1-2-4-18(16)23-17/h1-8,13H,9-10,12H2,(H,21,22). The number of amides is 1. The van der Waals surface area contributed by atoms with Crippen LogP contribution in [0, 0.1) is 11.3 Å². The number of fused-ring (bicyclic) bond motifs is 1. The molecular weight excluding hydrogens is 288 g/mol. The van der Waals surface area contributed by atoms with Crippen molar-refractivity contribution in [2.75, 3.05) is 6.54 Å². The van der Waals surface area contributed by atoms with Gasteiger partial charge in [0.05, 0.1) is 12.5 Å². The molecule has 3 aromatic rings. The number of benzene rings is 2. The van der Waals surface area contributed by atoms with E-state index in [2.05, 4.69) is 11.4 Å². The minimum absolute atomic E-state index is 0.121. The highest BCUT2D eigenvalue weighted by Gasteiger charge is 2.07. The Balaban J connectivity index is 1.55. The lowest BCUT2D eigenvalue weighted by atomic mass is 10.1. The minimum Gasteiger partial charge on any atom is -0.461 e. The molecule has 0 saturated carbocycles. The summed E-state index contributed by atoms with van der Waals surface area (Å²) in [4.78, 5) is 12.1. The van der Waals surface area contributed by atoms with Crippen LogP contribution in [0.25, 0.3) is 11.0 Å². The fourth-order valence-electron chi connectivity index (χ4n) is 2.43. The number of nitriles is 1. The third-order valence-electron chi connectivity index (χ3n) is 3.63. The van der Waals surface area contributed by atoms with Gasteiger partial charge in [0, 0.05) is 23.9 Å². The van der Waals surface area contributed by atoms with Gasteiger partial charge in [-0.05, 0) is 29.8 Å². The molecular formula is C19H16N2O2. The number of rotatable bonds is 5. The van der Waals surface area contributed by atoms with Gasteiger partial charge >= 0.3 is 0 Å². The van der Waals surface area contributed by atoms with Gasteiger partial charge in [-0.15, -0.1) is 0 Å². The summed E-state index contributed by atoms with van der Waals surface area (Å²) < 4.78 is 5.72. The van der Waals surface area contributed by atoms with Crippen molar-refractivity contribution in [3.05, 3.63) is 71.5 Å². The van der Waals surface area contributed by atoms with Gasteiger partial charge in [0.15, 0.2) is 0 Å². The molecule has 0 unspecified atom stereocenters. The maximum Gasteiger partial charge on any atom is 0.251 e. The Hall–Kier alpha value is -3.06. The third-order valence-corrected chi connectivity index (χ3v) is 3.63. The maximum atomic E-state index is 12.1. The zero-order valence-corrected chi connectivity index (χ0v) is 12.6. The fourth-order valence-corrected chi connectivity index (χ4v) is 2.43. The summed E-state index contributed by atoms with van der Waals surface area (Å²) in [5, 5.41) is 12.6. The van der Waals surface area contributed by atoms with E-state index in [9.17, 15) is 4.79 Å². The minimum atomic E-state index is -0.121. The van der Waals surface area contributed by atoms with Gasteiger partial charge in [-0.3, -0.25) is 4.79 Å². The first-order chi connectivity index (χ1) is 11.3. The number of para-hydroxylation sites is 1. The molecule has 4 heteroatoms. The van der Waals surface area contributed by atoms with Gasteiger partial charge in [-0.2, -0.15) is 5.26 Å². The largest absolute Gasteiger partial charge is 0.461 e. The zero-order valence-electron chi connectivity index (χ0n) is 12.6. The number of hydrogen-bond donors (Lipinski definition) is 1. The smallest absolute Gasteiger partial charge is 0.251 e. The van der Waals surface area contributed by atoms with Crippen LogP contribution < -0.4 is 5.32 Å². The second kappa shape index (κ2) is 6.80. The van der Waals surface area contributed by atoms with Gasteiger partial charge in [-0.1, -0.05) is 30.3 Å². The first-order valence-electron chi connectivity index (χ1n) is 7.48. The Morgan fingerprint density at radius 1 is 1.13 bits per heavy atom. The first kappa shape index (κ1) is 14.9. The van der Waals surface area contributed by atoms with Crippen LogP contribution in [-0.4, -0.2) is 12.5 Å². The number of hydrogen-bond acceptors (Lipinski definition) is 3. The van der Waals surface area contributed by atoms with Gasteiger partial charge < -0.3 is 9.73 Å². The number of nitrogens with zero attached hydrogens (tertiary/aromatic N) is 1. The fraction of sp³-hybridized carbons (Fsp3) is 0.158. The van der Waals surface area contributed by atoms with E-state index in [1.165, 1.54) is 0 Å². The van der Waals surface area contributed by atoms with Crippen molar-refractivity contribution in [2.24, 2.45) is 0 Å². The van der Waals surface area contributed by atoms with Gasteiger partial charge in [0.25, 0.3) is 5.91 Å². The van der Waals surface area contributed by atoms with Crippen molar-refractivity contribution >= 4 is 16.9 Å². The van der Waals surface area contributed by atoms with Crippen LogP contribution >= 0.6 is 0 Å². The van der Waals surface area contributed by atoms with Crippen LogP contribution in [0.2, 0.25) is 0 Å². The lowest BCUT2D eigenvalue weighted by molar-refractivity contribution is 0.0954. The normalized spacial score (nSPS) is 10.4. The Morgan fingerprint density at radius 2 is 1.91 bits per heavy atom. The van der Waals surface area contributed by atoms with Gasteiger partial charge in [-0.25, -0.2) is 0 Å².